The van der Waals surface area contributed by atoms with Crippen molar-refractivity contribution in [3.63, 3.8) is 0 Å². The highest BCUT2D eigenvalue weighted by Crippen LogP contribution is 2.35. The molecule has 0 aliphatic heterocycles. The monoisotopic (exact) mass is 329 g/mol. The summed E-state index contributed by atoms with van der Waals surface area (Å²) in [5.74, 6) is -1.53. The zero-order valence-electron chi connectivity index (χ0n) is 13.1. The molecule has 7 heteroatoms. The van der Waals surface area contributed by atoms with Crippen molar-refractivity contribution in [2.75, 3.05) is 6.61 Å². The Kier molecular flexibility index (Phi) is 5.79. The first-order valence-corrected chi connectivity index (χ1v) is 7.50. The SMILES string of the molecule is CCCCOc1ccccc1C(C#N)c1nc(F)ccc1[N+](=O)[O-]. The van der Waals surface area contributed by atoms with Crippen LogP contribution in [0.2, 0.25) is 0 Å². The van der Waals surface area contributed by atoms with Crippen molar-refractivity contribution in [2.24, 2.45) is 0 Å². The molecule has 0 aliphatic rings. The summed E-state index contributed by atoms with van der Waals surface area (Å²) in [5.41, 5.74) is -0.197. The van der Waals surface area contributed by atoms with Gasteiger partial charge in [-0.1, -0.05) is 31.5 Å². The number of para-hydroxylation sites is 1. The minimum Gasteiger partial charge on any atom is -0.493 e. The van der Waals surface area contributed by atoms with Crippen LogP contribution in [0.4, 0.5) is 10.1 Å². The van der Waals surface area contributed by atoms with Crippen LogP contribution in [0.1, 0.15) is 36.9 Å². The third-order valence-corrected chi connectivity index (χ3v) is 3.45. The largest absolute Gasteiger partial charge is 0.493 e. The van der Waals surface area contributed by atoms with Crippen molar-refractivity contribution >= 4 is 5.69 Å². The quantitative estimate of drug-likeness (QED) is 0.332. The molecule has 0 radical (unpaired) electrons. The highest BCUT2D eigenvalue weighted by molar-refractivity contribution is 5.50. The van der Waals surface area contributed by atoms with Crippen molar-refractivity contribution in [1.29, 1.82) is 5.26 Å². The summed E-state index contributed by atoms with van der Waals surface area (Å²) in [6.07, 6.45) is 1.78. The lowest BCUT2D eigenvalue weighted by molar-refractivity contribution is -0.386. The predicted octanol–water partition coefficient (Wildman–Crippen LogP) is 3.96. The second kappa shape index (κ2) is 8.02. The van der Waals surface area contributed by atoms with Gasteiger partial charge in [0.1, 0.15) is 17.4 Å². The van der Waals surface area contributed by atoms with E-state index in [0.29, 0.717) is 17.9 Å². The van der Waals surface area contributed by atoms with Crippen molar-refractivity contribution in [3.8, 4) is 11.8 Å². The molecule has 1 heterocycles. The topological polar surface area (TPSA) is 89.0 Å². The zero-order valence-corrected chi connectivity index (χ0v) is 13.1. The lowest BCUT2D eigenvalue weighted by Gasteiger charge is -2.15. The molecule has 0 amide bonds. The Morgan fingerprint density at radius 3 is 2.79 bits per heavy atom. The minimum absolute atomic E-state index is 0.228. The second-order valence-corrected chi connectivity index (χ2v) is 5.10. The molecule has 6 nitrogen and oxygen atoms in total. The van der Waals surface area contributed by atoms with E-state index in [4.69, 9.17) is 4.74 Å². The van der Waals surface area contributed by atoms with Gasteiger partial charge in [-0.2, -0.15) is 9.65 Å². The van der Waals surface area contributed by atoms with Gasteiger partial charge >= 0.3 is 0 Å². The molecule has 0 aliphatic carbocycles. The summed E-state index contributed by atoms with van der Waals surface area (Å²) in [5, 5.41) is 20.7. The standard InChI is InChI=1S/C17H16FN3O3/c1-2-3-10-24-15-7-5-4-6-12(15)13(11-19)17-14(21(22)23)8-9-16(18)20-17/h4-9,13H,2-3,10H2,1H3. The molecule has 0 bridgehead atoms. The molecule has 0 saturated heterocycles. The van der Waals surface area contributed by atoms with Gasteiger partial charge in [0.05, 0.1) is 17.6 Å². The number of aromatic nitrogens is 1. The summed E-state index contributed by atoms with van der Waals surface area (Å²) in [6, 6.07) is 10.6. The number of benzene rings is 1. The van der Waals surface area contributed by atoms with Crippen molar-refractivity contribution in [1.82, 2.24) is 4.98 Å². The predicted molar refractivity (Wildman–Crippen MR) is 85.2 cm³/mol. The molecule has 0 N–H and O–H groups in total. The number of ether oxygens (including phenoxy) is 1. The maximum Gasteiger partial charge on any atom is 0.292 e. The first-order chi connectivity index (χ1) is 11.6. The fourth-order valence-corrected chi connectivity index (χ4v) is 2.26. The maximum absolute atomic E-state index is 13.5. The van der Waals surface area contributed by atoms with E-state index < -0.39 is 22.5 Å². The minimum atomic E-state index is -1.10. The van der Waals surface area contributed by atoms with Crippen molar-refractivity contribution in [2.45, 2.75) is 25.7 Å². The Morgan fingerprint density at radius 2 is 2.12 bits per heavy atom. The molecule has 1 atom stereocenters. The number of pyridine rings is 1. The number of unbranched alkanes of at least 4 members (excludes halogenated alkanes) is 1. The van der Waals surface area contributed by atoms with E-state index in [2.05, 4.69) is 4.98 Å². The Labute approximate surface area is 138 Å². The van der Waals surface area contributed by atoms with Gasteiger partial charge in [-0.3, -0.25) is 10.1 Å². The van der Waals surface area contributed by atoms with E-state index in [9.17, 15) is 19.8 Å². The number of nitriles is 1. The van der Waals surface area contributed by atoms with Crippen LogP contribution in [-0.2, 0) is 0 Å². The number of halogens is 1. The smallest absolute Gasteiger partial charge is 0.292 e. The highest BCUT2D eigenvalue weighted by atomic mass is 19.1. The summed E-state index contributed by atoms with van der Waals surface area (Å²) in [4.78, 5) is 14.1. The van der Waals surface area contributed by atoms with Crippen LogP contribution < -0.4 is 4.74 Å². The Balaban J connectivity index is 2.49. The fourth-order valence-electron chi connectivity index (χ4n) is 2.26. The molecule has 24 heavy (non-hydrogen) atoms. The maximum atomic E-state index is 13.5. The van der Waals surface area contributed by atoms with Gasteiger partial charge in [-0.05, 0) is 12.5 Å². The summed E-state index contributed by atoms with van der Waals surface area (Å²) in [7, 11) is 0. The highest BCUT2D eigenvalue weighted by Gasteiger charge is 2.28. The molecule has 1 unspecified atom stereocenters. The van der Waals surface area contributed by atoms with Crippen LogP contribution in [-0.4, -0.2) is 16.5 Å². The van der Waals surface area contributed by atoms with Crippen LogP contribution >= 0.6 is 0 Å². The molecule has 0 fully saturated rings. The zero-order chi connectivity index (χ0) is 17.5. The number of nitrogens with zero attached hydrogens (tertiary/aromatic N) is 3. The summed E-state index contributed by atoms with van der Waals surface area (Å²) in [6.45, 7) is 2.48. The Bertz CT molecular complexity index is 774. The third-order valence-electron chi connectivity index (χ3n) is 3.45. The van der Waals surface area contributed by atoms with Crippen LogP contribution in [0.15, 0.2) is 36.4 Å². The van der Waals surface area contributed by atoms with Crippen LogP contribution in [0.3, 0.4) is 0 Å². The van der Waals surface area contributed by atoms with Gasteiger partial charge in [-0.15, -0.1) is 0 Å². The molecule has 124 valence electrons. The van der Waals surface area contributed by atoms with Gasteiger partial charge < -0.3 is 4.74 Å². The Hall–Kier alpha value is -3.01. The van der Waals surface area contributed by atoms with Crippen LogP contribution in [0.25, 0.3) is 0 Å². The summed E-state index contributed by atoms with van der Waals surface area (Å²) >= 11 is 0. The van der Waals surface area contributed by atoms with E-state index in [1.165, 1.54) is 0 Å². The lowest BCUT2D eigenvalue weighted by Crippen LogP contribution is -2.09. The summed E-state index contributed by atoms with van der Waals surface area (Å²) < 4.78 is 19.2. The average Bonchev–Trinajstić information content (AvgIpc) is 2.57. The normalized spacial score (nSPS) is 11.5. The van der Waals surface area contributed by atoms with Gasteiger partial charge in [-0.25, -0.2) is 4.98 Å². The lowest BCUT2D eigenvalue weighted by atomic mass is 9.94. The Morgan fingerprint density at radius 1 is 1.38 bits per heavy atom. The van der Waals surface area contributed by atoms with Crippen molar-refractivity contribution < 1.29 is 14.1 Å². The van der Waals surface area contributed by atoms with Gasteiger partial charge in [0.25, 0.3) is 5.69 Å². The van der Waals surface area contributed by atoms with Gasteiger partial charge in [0.15, 0.2) is 0 Å². The fraction of sp³-hybridized carbons (Fsp3) is 0.294. The van der Waals surface area contributed by atoms with E-state index in [0.717, 1.165) is 25.0 Å². The first-order valence-electron chi connectivity index (χ1n) is 7.50. The average molecular weight is 329 g/mol. The van der Waals surface area contributed by atoms with Crippen molar-refractivity contribution in [3.05, 3.63) is 63.7 Å². The molecule has 1 aromatic heterocycles. The van der Waals surface area contributed by atoms with E-state index in [1.54, 1.807) is 24.3 Å². The molecule has 2 aromatic rings. The van der Waals surface area contributed by atoms with E-state index >= 15 is 0 Å². The van der Waals surface area contributed by atoms with Gasteiger partial charge in [0.2, 0.25) is 5.95 Å². The molecular weight excluding hydrogens is 313 g/mol. The molecule has 0 saturated carbocycles. The number of hydrogen-bond donors (Lipinski definition) is 0. The van der Waals surface area contributed by atoms with E-state index in [1.807, 2.05) is 13.0 Å². The molecule has 1 aromatic carbocycles. The van der Waals surface area contributed by atoms with Gasteiger partial charge in [0, 0.05) is 17.7 Å². The number of hydrogen-bond acceptors (Lipinski definition) is 5. The van der Waals surface area contributed by atoms with E-state index in [-0.39, 0.29) is 5.69 Å². The third kappa shape index (κ3) is 3.84. The number of nitro groups is 1. The molecule has 2 rings (SSSR count). The number of rotatable bonds is 7. The first kappa shape index (κ1) is 17.3. The molecular formula is C17H16FN3O3. The second-order valence-electron chi connectivity index (χ2n) is 5.10. The molecule has 0 spiro atoms. The van der Waals surface area contributed by atoms with Crippen LogP contribution in [0, 0.1) is 27.4 Å². The van der Waals surface area contributed by atoms with Crippen LogP contribution in [0.5, 0.6) is 5.75 Å².